The van der Waals surface area contributed by atoms with Crippen LogP contribution in [0.25, 0.3) is 0 Å². The smallest absolute Gasteiger partial charge is 0.0205 e. The van der Waals surface area contributed by atoms with Gasteiger partial charge in [-0.2, -0.15) is 0 Å². The van der Waals surface area contributed by atoms with Crippen LogP contribution in [0, 0.1) is 5.92 Å². The fraction of sp³-hybridized carbons (Fsp3) is 0.571. The van der Waals surface area contributed by atoms with Crippen LogP contribution < -0.4 is 10.6 Å². The average Bonchev–Trinajstić information content (AvgIpc) is 2.38. The summed E-state index contributed by atoms with van der Waals surface area (Å²) >= 11 is 3.45. The lowest BCUT2D eigenvalue weighted by Crippen LogP contribution is -2.31. The largest absolute Gasteiger partial charge is 0.316 e. The molecule has 1 aromatic carbocycles. The molecule has 0 radical (unpaired) electrons. The quantitative estimate of drug-likeness (QED) is 0.817. The van der Waals surface area contributed by atoms with Crippen molar-refractivity contribution in [3.8, 4) is 0 Å². The summed E-state index contributed by atoms with van der Waals surface area (Å²) in [4.78, 5) is 0. The van der Waals surface area contributed by atoms with Gasteiger partial charge in [-0.1, -0.05) is 28.1 Å². The predicted molar refractivity (Wildman–Crippen MR) is 76.1 cm³/mol. The van der Waals surface area contributed by atoms with Crippen molar-refractivity contribution in [1.82, 2.24) is 10.6 Å². The molecule has 17 heavy (non-hydrogen) atoms. The van der Waals surface area contributed by atoms with Gasteiger partial charge in [0.2, 0.25) is 0 Å². The minimum Gasteiger partial charge on any atom is -0.316 e. The third-order valence-electron chi connectivity index (χ3n) is 3.37. The molecule has 2 N–H and O–H groups in total. The van der Waals surface area contributed by atoms with Gasteiger partial charge in [0.25, 0.3) is 0 Å². The highest BCUT2D eigenvalue weighted by molar-refractivity contribution is 9.10. The Bertz CT molecular complexity index is 317. The van der Waals surface area contributed by atoms with Gasteiger partial charge in [-0.15, -0.1) is 0 Å². The normalized spacial score (nSPS) is 20.4. The van der Waals surface area contributed by atoms with Crippen LogP contribution >= 0.6 is 15.9 Å². The second-order valence-electron chi connectivity index (χ2n) is 4.80. The molecule has 0 amide bonds. The van der Waals surface area contributed by atoms with E-state index >= 15 is 0 Å². The molecule has 1 saturated heterocycles. The number of hydrogen-bond acceptors (Lipinski definition) is 2. The lowest BCUT2D eigenvalue weighted by atomic mass is 9.96. The standard InChI is InChI=1S/C14H21BrN2/c15-14-5-3-13(4-6-14)11-17-9-7-12-2-1-8-16-10-12/h3-6,12,16-17H,1-2,7-11H2. The summed E-state index contributed by atoms with van der Waals surface area (Å²) in [5.41, 5.74) is 1.36. The van der Waals surface area contributed by atoms with Gasteiger partial charge < -0.3 is 10.6 Å². The van der Waals surface area contributed by atoms with Gasteiger partial charge in [-0.25, -0.2) is 0 Å². The number of nitrogens with one attached hydrogen (secondary N) is 2. The third kappa shape index (κ3) is 4.78. The summed E-state index contributed by atoms with van der Waals surface area (Å²) in [7, 11) is 0. The predicted octanol–water partition coefficient (Wildman–Crippen LogP) is 2.93. The Morgan fingerprint density at radius 2 is 2.12 bits per heavy atom. The summed E-state index contributed by atoms with van der Waals surface area (Å²) in [6.07, 6.45) is 4.04. The highest BCUT2D eigenvalue weighted by Crippen LogP contribution is 2.13. The molecule has 0 aromatic heterocycles. The maximum atomic E-state index is 3.53. The summed E-state index contributed by atoms with van der Waals surface area (Å²) in [6.45, 7) is 4.53. The first kappa shape index (κ1) is 13.1. The minimum atomic E-state index is 0.876. The molecular weight excluding hydrogens is 276 g/mol. The summed E-state index contributed by atoms with van der Waals surface area (Å²) in [5.74, 6) is 0.876. The Balaban J connectivity index is 1.60. The highest BCUT2D eigenvalue weighted by atomic mass is 79.9. The fourth-order valence-corrected chi connectivity index (χ4v) is 2.58. The molecule has 1 aliphatic heterocycles. The second-order valence-corrected chi connectivity index (χ2v) is 5.72. The molecule has 2 nitrogen and oxygen atoms in total. The molecule has 3 heteroatoms. The number of halogens is 1. The van der Waals surface area contributed by atoms with E-state index in [0.717, 1.165) is 23.5 Å². The molecule has 0 spiro atoms. The number of piperidine rings is 1. The molecule has 0 bridgehead atoms. The molecule has 1 fully saturated rings. The topological polar surface area (TPSA) is 24.1 Å². The van der Waals surface area contributed by atoms with E-state index in [1.54, 1.807) is 0 Å². The fourth-order valence-electron chi connectivity index (χ4n) is 2.31. The maximum Gasteiger partial charge on any atom is 0.0205 e. The molecule has 94 valence electrons. The van der Waals surface area contributed by atoms with Crippen LogP contribution in [0.3, 0.4) is 0 Å². The molecule has 2 rings (SSSR count). The van der Waals surface area contributed by atoms with Gasteiger partial charge in [0.05, 0.1) is 0 Å². The lowest BCUT2D eigenvalue weighted by molar-refractivity contribution is 0.352. The summed E-state index contributed by atoms with van der Waals surface area (Å²) in [6, 6.07) is 8.53. The SMILES string of the molecule is Brc1ccc(CNCCC2CCCNC2)cc1. The van der Waals surface area contributed by atoms with Crippen molar-refractivity contribution < 1.29 is 0 Å². The molecule has 1 aliphatic rings. The first-order chi connectivity index (χ1) is 8.34. The van der Waals surface area contributed by atoms with Crippen molar-refractivity contribution in [2.75, 3.05) is 19.6 Å². The molecule has 1 aromatic rings. The van der Waals surface area contributed by atoms with Crippen LogP contribution in [0.1, 0.15) is 24.8 Å². The van der Waals surface area contributed by atoms with Crippen LogP contribution in [-0.4, -0.2) is 19.6 Å². The van der Waals surface area contributed by atoms with Crippen molar-refractivity contribution in [1.29, 1.82) is 0 Å². The van der Waals surface area contributed by atoms with Gasteiger partial charge in [-0.3, -0.25) is 0 Å². The Morgan fingerprint density at radius 1 is 1.29 bits per heavy atom. The minimum absolute atomic E-state index is 0.876. The van der Waals surface area contributed by atoms with Gasteiger partial charge in [0.15, 0.2) is 0 Å². The molecule has 0 aliphatic carbocycles. The monoisotopic (exact) mass is 296 g/mol. The zero-order chi connectivity index (χ0) is 11.9. The zero-order valence-electron chi connectivity index (χ0n) is 10.2. The van der Waals surface area contributed by atoms with E-state index in [0.29, 0.717) is 0 Å². The van der Waals surface area contributed by atoms with Crippen LogP contribution in [0.4, 0.5) is 0 Å². The van der Waals surface area contributed by atoms with Crippen LogP contribution in [0.15, 0.2) is 28.7 Å². The first-order valence-corrected chi connectivity index (χ1v) is 7.30. The average molecular weight is 297 g/mol. The molecular formula is C14H21BrN2. The Morgan fingerprint density at radius 3 is 2.82 bits per heavy atom. The van der Waals surface area contributed by atoms with Gasteiger partial charge in [0.1, 0.15) is 0 Å². The molecule has 1 heterocycles. The molecule has 1 unspecified atom stereocenters. The van der Waals surface area contributed by atoms with Crippen molar-refractivity contribution in [3.63, 3.8) is 0 Å². The van der Waals surface area contributed by atoms with E-state index in [2.05, 4.69) is 50.8 Å². The molecule has 1 atom stereocenters. The van der Waals surface area contributed by atoms with Crippen LogP contribution in [-0.2, 0) is 6.54 Å². The van der Waals surface area contributed by atoms with E-state index in [1.165, 1.54) is 37.9 Å². The molecule has 0 saturated carbocycles. The Labute approximate surface area is 112 Å². The third-order valence-corrected chi connectivity index (χ3v) is 3.90. The summed E-state index contributed by atoms with van der Waals surface area (Å²) in [5, 5.41) is 6.99. The number of rotatable bonds is 5. The number of hydrogen-bond donors (Lipinski definition) is 2. The first-order valence-electron chi connectivity index (χ1n) is 6.50. The van der Waals surface area contributed by atoms with E-state index in [1.807, 2.05) is 0 Å². The van der Waals surface area contributed by atoms with Crippen LogP contribution in [0.5, 0.6) is 0 Å². The second kappa shape index (κ2) is 7.14. The van der Waals surface area contributed by atoms with Crippen molar-refractivity contribution in [2.24, 2.45) is 5.92 Å². The van der Waals surface area contributed by atoms with Crippen molar-refractivity contribution in [3.05, 3.63) is 34.3 Å². The van der Waals surface area contributed by atoms with E-state index in [9.17, 15) is 0 Å². The van der Waals surface area contributed by atoms with E-state index in [4.69, 9.17) is 0 Å². The van der Waals surface area contributed by atoms with Gasteiger partial charge in [-0.05, 0) is 62.5 Å². The maximum absolute atomic E-state index is 3.53. The van der Waals surface area contributed by atoms with Crippen molar-refractivity contribution in [2.45, 2.75) is 25.8 Å². The van der Waals surface area contributed by atoms with Crippen molar-refractivity contribution >= 4 is 15.9 Å². The van der Waals surface area contributed by atoms with Gasteiger partial charge >= 0.3 is 0 Å². The summed E-state index contributed by atoms with van der Waals surface area (Å²) < 4.78 is 1.15. The van der Waals surface area contributed by atoms with Crippen LogP contribution in [0.2, 0.25) is 0 Å². The van der Waals surface area contributed by atoms with E-state index < -0.39 is 0 Å². The van der Waals surface area contributed by atoms with Gasteiger partial charge in [0, 0.05) is 11.0 Å². The zero-order valence-corrected chi connectivity index (χ0v) is 11.8. The lowest BCUT2D eigenvalue weighted by Gasteiger charge is -2.22. The Hall–Kier alpha value is -0.380. The van der Waals surface area contributed by atoms with E-state index in [-0.39, 0.29) is 0 Å². The highest BCUT2D eigenvalue weighted by Gasteiger charge is 2.11. The Kier molecular flexibility index (Phi) is 5.49. The number of benzene rings is 1.